The van der Waals surface area contributed by atoms with Gasteiger partial charge in [-0.2, -0.15) is 0 Å². The topological polar surface area (TPSA) is 59.0 Å². The standard InChI is InChI=1S/C82H46N2O4S2/c1-3-17-47(18-4-1)53-37-39-75-77(61-23-9-13-31-73(61)89-75)79(53)83(65-27-15-25-59-55-21-7-11-29-67(55)87-81(59)65)51-33-35-57-63-41-49-44-70-64(42-50(49)43-69(63)85-71(57)45-51)58-36-34-52(46-72(58)86-70)84(66-28-16-26-60-56-22-8-12-30-68(56)88-82(60)66)80-54(48-19-5-2-6-20-48)38-40-76-78(80)62-24-10-14-32-74(62)90-76/h1-46H. The van der Waals surface area contributed by atoms with E-state index in [1.54, 1.807) is 0 Å². The van der Waals surface area contributed by atoms with E-state index in [1.807, 2.05) is 34.8 Å². The summed E-state index contributed by atoms with van der Waals surface area (Å²) in [5.74, 6) is 0. The summed E-state index contributed by atoms with van der Waals surface area (Å²) in [4.78, 5) is 4.82. The van der Waals surface area contributed by atoms with Gasteiger partial charge in [0.2, 0.25) is 0 Å². The summed E-state index contributed by atoms with van der Waals surface area (Å²) in [5.41, 5.74) is 16.9. The van der Waals surface area contributed by atoms with Crippen molar-refractivity contribution >= 4 is 196 Å². The molecule has 90 heavy (non-hydrogen) atoms. The summed E-state index contributed by atoms with van der Waals surface area (Å²) in [5, 5.41) is 15.3. The molecule has 0 aliphatic heterocycles. The third-order valence-corrected chi connectivity index (χ3v) is 20.7. The molecule has 20 aromatic rings. The molecule has 20 rings (SSSR count). The molecule has 0 bridgehead atoms. The molecule has 8 heteroatoms. The second kappa shape index (κ2) is 19.0. The molecule has 0 saturated heterocycles. The number of thiophene rings is 2. The van der Waals surface area contributed by atoms with Gasteiger partial charge in [-0.3, -0.25) is 0 Å². The zero-order valence-electron chi connectivity index (χ0n) is 47.9. The molecule has 0 atom stereocenters. The molecule has 14 aromatic carbocycles. The Kier molecular flexibility index (Phi) is 10.5. The van der Waals surface area contributed by atoms with Crippen LogP contribution in [0.5, 0.6) is 0 Å². The molecular weight excluding hydrogens is 1140 g/mol. The van der Waals surface area contributed by atoms with Crippen molar-refractivity contribution in [3.8, 4) is 22.3 Å². The zero-order valence-corrected chi connectivity index (χ0v) is 49.5. The minimum absolute atomic E-state index is 0.786. The fourth-order valence-corrected chi connectivity index (χ4v) is 16.6. The van der Waals surface area contributed by atoms with Crippen LogP contribution in [0.25, 0.3) is 161 Å². The minimum Gasteiger partial charge on any atom is -0.456 e. The summed E-state index contributed by atoms with van der Waals surface area (Å²) in [6, 6.07) is 100. The second-order valence-corrected chi connectivity index (χ2v) is 25.5. The van der Waals surface area contributed by atoms with Gasteiger partial charge < -0.3 is 27.5 Å². The zero-order chi connectivity index (χ0) is 58.7. The molecule has 0 saturated carbocycles. The summed E-state index contributed by atoms with van der Waals surface area (Å²) in [7, 11) is 0. The van der Waals surface area contributed by atoms with Crippen LogP contribution in [0.3, 0.4) is 0 Å². The van der Waals surface area contributed by atoms with E-state index in [-0.39, 0.29) is 0 Å². The van der Waals surface area contributed by atoms with Crippen LogP contribution >= 0.6 is 22.7 Å². The highest BCUT2D eigenvalue weighted by atomic mass is 32.1. The van der Waals surface area contributed by atoms with Crippen LogP contribution in [0.2, 0.25) is 0 Å². The van der Waals surface area contributed by atoms with Gasteiger partial charge in [-0.1, -0.05) is 170 Å². The largest absolute Gasteiger partial charge is 0.456 e. The molecule has 420 valence electrons. The van der Waals surface area contributed by atoms with Crippen LogP contribution in [0.4, 0.5) is 34.1 Å². The van der Waals surface area contributed by atoms with Crippen molar-refractivity contribution in [3.05, 3.63) is 279 Å². The maximum absolute atomic E-state index is 7.08. The van der Waals surface area contributed by atoms with Gasteiger partial charge in [0.15, 0.2) is 11.2 Å². The van der Waals surface area contributed by atoms with Gasteiger partial charge in [-0.05, 0) is 119 Å². The minimum atomic E-state index is 0.786. The van der Waals surface area contributed by atoms with Crippen LogP contribution in [0.15, 0.2) is 297 Å². The monoisotopic (exact) mass is 1190 g/mol. The van der Waals surface area contributed by atoms with Gasteiger partial charge in [-0.15, -0.1) is 22.7 Å². The molecule has 0 radical (unpaired) electrons. The summed E-state index contributed by atoms with van der Waals surface area (Å²) in [6.45, 7) is 0. The lowest BCUT2D eigenvalue weighted by Crippen LogP contribution is -2.12. The maximum Gasteiger partial charge on any atom is 0.159 e. The number of furan rings is 4. The second-order valence-electron chi connectivity index (χ2n) is 23.4. The molecule has 0 unspecified atom stereocenters. The lowest BCUT2D eigenvalue weighted by atomic mass is 9.97. The Bertz CT molecular complexity index is 5990. The Morgan fingerprint density at radius 3 is 1.10 bits per heavy atom. The van der Waals surface area contributed by atoms with E-state index < -0.39 is 0 Å². The van der Waals surface area contributed by atoms with E-state index in [0.29, 0.717) is 0 Å². The predicted octanol–water partition coefficient (Wildman–Crippen LogP) is 25.4. The van der Waals surface area contributed by atoms with Crippen LogP contribution in [-0.4, -0.2) is 0 Å². The molecule has 6 heterocycles. The van der Waals surface area contributed by atoms with Gasteiger partial charge in [-0.25, -0.2) is 0 Å². The van der Waals surface area contributed by atoms with E-state index in [9.17, 15) is 0 Å². The number of para-hydroxylation sites is 4. The fourth-order valence-electron chi connectivity index (χ4n) is 14.4. The van der Waals surface area contributed by atoms with E-state index in [0.717, 1.165) is 155 Å². The molecule has 6 nitrogen and oxygen atoms in total. The molecule has 0 spiro atoms. The molecular formula is C82H46N2O4S2. The predicted molar refractivity (Wildman–Crippen MR) is 379 cm³/mol. The highest BCUT2D eigenvalue weighted by molar-refractivity contribution is 7.26. The van der Waals surface area contributed by atoms with E-state index in [1.165, 1.54) is 40.3 Å². The molecule has 0 N–H and O–H groups in total. The Hall–Kier alpha value is -11.4. The van der Waals surface area contributed by atoms with Crippen molar-refractivity contribution in [2.45, 2.75) is 0 Å². The Morgan fingerprint density at radius 1 is 0.244 bits per heavy atom. The van der Waals surface area contributed by atoms with Crippen molar-refractivity contribution in [1.82, 2.24) is 0 Å². The average Bonchev–Trinajstić information content (AvgIpc) is 1.54. The van der Waals surface area contributed by atoms with Crippen molar-refractivity contribution < 1.29 is 17.7 Å². The van der Waals surface area contributed by atoms with Crippen LogP contribution in [0, 0.1) is 0 Å². The summed E-state index contributed by atoms with van der Waals surface area (Å²) >= 11 is 3.65. The molecule has 0 aliphatic rings. The quantitative estimate of drug-likeness (QED) is 0.151. The normalized spacial score (nSPS) is 12.2. The van der Waals surface area contributed by atoms with Crippen molar-refractivity contribution in [1.29, 1.82) is 0 Å². The smallest absolute Gasteiger partial charge is 0.159 e. The number of hydrogen-bond donors (Lipinski definition) is 0. The highest BCUT2D eigenvalue weighted by Crippen LogP contribution is 2.55. The third-order valence-electron chi connectivity index (χ3n) is 18.4. The van der Waals surface area contributed by atoms with E-state index >= 15 is 0 Å². The number of anilines is 6. The average molecular weight is 1190 g/mol. The van der Waals surface area contributed by atoms with E-state index in [2.05, 4.69) is 277 Å². The highest BCUT2D eigenvalue weighted by Gasteiger charge is 2.29. The van der Waals surface area contributed by atoms with Crippen LogP contribution < -0.4 is 9.80 Å². The van der Waals surface area contributed by atoms with Crippen molar-refractivity contribution in [2.24, 2.45) is 0 Å². The first-order chi connectivity index (χ1) is 44.6. The number of rotatable bonds is 8. The third kappa shape index (κ3) is 7.31. The molecule has 0 fully saturated rings. The molecule has 0 amide bonds. The van der Waals surface area contributed by atoms with E-state index in [4.69, 9.17) is 17.7 Å². The number of nitrogens with zero attached hydrogens (tertiary/aromatic N) is 2. The maximum atomic E-state index is 7.08. The van der Waals surface area contributed by atoms with Crippen molar-refractivity contribution in [2.75, 3.05) is 9.80 Å². The SMILES string of the molecule is c1ccc(-c2ccc3sc4ccccc4c3c2N(c2ccc3c(c2)oc2cc4cc5c(cc4cc23)oc2cc(N(c3cccc4c3oc3ccccc34)c3c(-c4ccccc4)ccc4sc6ccccc6c34)ccc25)c2cccc3c2oc2ccccc23)cc1. The van der Waals surface area contributed by atoms with Gasteiger partial charge in [0.25, 0.3) is 0 Å². The Labute approximate surface area is 521 Å². The van der Waals surface area contributed by atoms with Gasteiger partial charge in [0, 0.05) is 107 Å². The van der Waals surface area contributed by atoms with Gasteiger partial charge >= 0.3 is 0 Å². The van der Waals surface area contributed by atoms with Crippen LogP contribution in [0.1, 0.15) is 0 Å². The summed E-state index contributed by atoms with van der Waals surface area (Å²) < 4.78 is 32.9. The summed E-state index contributed by atoms with van der Waals surface area (Å²) in [6.07, 6.45) is 0. The first-order valence-corrected chi connectivity index (χ1v) is 31.9. The number of hydrogen-bond acceptors (Lipinski definition) is 8. The first kappa shape index (κ1) is 49.7. The number of fused-ring (bicyclic) bond motifs is 19. The lowest BCUT2D eigenvalue weighted by Gasteiger charge is -2.29. The Balaban J connectivity index is 0.769. The van der Waals surface area contributed by atoms with Gasteiger partial charge in [0.05, 0.1) is 34.1 Å². The number of benzene rings is 14. The fraction of sp³-hybridized carbons (Fsp3) is 0. The van der Waals surface area contributed by atoms with Gasteiger partial charge in [0.1, 0.15) is 33.5 Å². The van der Waals surface area contributed by atoms with Crippen LogP contribution in [-0.2, 0) is 0 Å². The molecule has 6 aromatic heterocycles. The first-order valence-electron chi connectivity index (χ1n) is 30.3. The Morgan fingerprint density at radius 2 is 0.633 bits per heavy atom. The lowest BCUT2D eigenvalue weighted by molar-refractivity contribution is 0.667. The molecule has 0 aliphatic carbocycles. The van der Waals surface area contributed by atoms with Crippen molar-refractivity contribution in [3.63, 3.8) is 0 Å².